The Morgan fingerprint density at radius 1 is 0.286 bits per heavy atom. The average Bonchev–Trinajstić information content (AvgIpc) is 1.49. The summed E-state index contributed by atoms with van der Waals surface area (Å²) in [6.45, 7) is 22.7. The van der Waals surface area contributed by atoms with Gasteiger partial charge in [0.05, 0.1) is 59.9 Å². The third-order valence-electron chi connectivity index (χ3n) is 33.2. The lowest BCUT2D eigenvalue weighted by Gasteiger charge is -2.55. The van der Waals surface area contributed by atoms with Gasteiger partial charge in [0.15, 0.2) is 44.7 Å². The minimum Gasteiger partial charge on any atom is -0.453 e. The summed E-state index contributed by atoms with van der Waals surface area (Å²) in [7, 11) is 0. The number of rotatable bonds is 24. The van der Waals surface area contributed by atoms with Gasteiger partial charge in [0, 0.05) is 48.7 Å². The number of aliphatic hydroxyl groups is 6. The van der Waals surface area contributed by atoms with Crippen LogP contribution in [0.25, 0.3) is 0 Å². The van der Waals surface area contributed by atoms with Crippen molar-refractivity contribution in [3.63, 3.8) is 0 Å². The Balaban J connectivity index is 0.000000130. The summed E-state index contributed by atoms with van der Waals surface area (Å²) in [4.78, 5) is 147. The van der Waals surface area contributed by atoms with Gasteiger partial charge in [0.25, 0.3) is 0 Å². The number of carbonyl (C=O) groups is 12. The molecule has 30 nitrogen and oxygen atoms in total. The molecule has 6 amide bonds. The van der Waals surface area contributed by atoms with E-state index in [0.717, 1.165) is 154 Å². The highest BCUT2D eigenvalue weighted by molar-refractivity contribution is 6.06. The zero-order valence-electron chi connectivity index (χ0n) is 75.6. The van der Waals surface area contributed by atoms with E-state index in [-0.39, 0.29) is 133 Å². The van der Waals surface area contributed by atoms with Crippen molar-refractivity contribution in [2.24, 2.45) is 82.9 Å². The van der Waals surface area contributed by atoms with Gasteiger partial charge in [0.2, 0.25) is 57.6 Å². The van der Waals surface area contributed by atoms with E-state index in [1.807, 2.05) is 76.3 Å². The fourth-order valence-corrected chi connectivity index (χ4v) is 25.5. The number of hydrogen-bond donors (Lipinski definition) is 12. The molecule has 12 fully saturated rings. The molecule has 6 aliphatic carbocycles. The second-order valence-corrected chi connectivity index (χ2v) is 39.8. The highest BCUT2D eigenvalue weighted by Crippen LogP contribution is 2.61. The summed E-state index contributed by atoms with van der Waals surface area (Å²) in [6.07, 6.45) is 45.3. The molecular formula is C96H138N6O24. The summed E-state index contributed by atoms with van der Waals surface area (Å²) in [6, 6.07) is 0. The second-order valence-electron chi connectivity index (χ2n) is 39.8. The van der Waals surface area contributed by atoms with Gasteiger partial charge in [-0.15, -0.1) is 0 Å². The zero-order valence-corrected chi connectivity index (χ0v) is 75.6. The van der Waals surface area contributed by atoms with Gasteiger partial charge in [-0.1, -0.05) is 140 Å². The van der Waals surface area contributed by atoms with E-state index in [1.165, 1.54) is 0 Å². The number of ether oxygens (including phenoxy) is 6. The molecule has 0 radical (unpaired) electrons. The van der Waals surface area contributed by atoms with Crippen LogP contribution in [0.5, 0.6) is 0 Å². The van der Waals surface area contributed by atoms with E-state index in [2.05, 4.69) is 83.9 Å². The Kier molecular flexibility index (Phi) is 27.5. The van der Waals surface area contributed by atoms with Crippen molar-refractivity contribution >= 4 is 71.3 Å². The quantitative estimate of drug-likeness (QED) is 0.0252. The molecule has 0 aromatic heterocycles. The maximum Gasteiger partial charge on any atom is 0.339 e. The highest BCUT2D eigenvalue weighted by Gasteiger charge is 2.85. The van der Waals surface area contributed by atoms with Crippen LogP contribution in [0.2, 0.25) is 0 Å². The predicted molar refractivity (Wildman–Crippen MR) is 457 cm³/mol. The van der Waals surface area contributed by atoms with Gasteiger partial charge in [-0.2, -0.15) is 0 Å². The van der Waals surface area contributed by atoms with Gasteiger partial charge < -0.3 is 91.0 Å². The topological polar surface area (TPSA) is 454 Å². The van der Waals surface area contributed by atoms with Crippen LogP contribution in [0.15, 0.2) is 72.9 Å². The minimum atomic E-state index is -1.38. The molecule has 12 aliphatic heterocycles. The van der Waals surface area contributed by atoms with E-state index in [9.17, 15) is 78.0 Å². The fraction of sp³-hybridized carbons (Fsp3) is 0.750. The molecular weight excluding hydrogens is 1620 g/mol. The molecule has 696 valence electrons. The summed E-state index contributed by atoms with van der Waals surface area (Å²) >= 11 is 0. The lowest BCUT2D eigenvalue weighted by atomic mass is 9.61. The monoisotopic (exact) mass is 1760 g/mol. The highest BCUT2D eigenvalue weighted by atomic mass is 16.6. The lowest BCUT2D eigenvalue weighted by molar-refractivity contribution is -0.239. The van der Waals surface area contributed by atoms with Crippen molar-refractivity contribution in [1.29, 1.82) is 0 Å². The van der Waals surface area contributed by atoms with Gasteiger partial charge in [-0.05, 0) is 207 Å². The van der Waals surface area contributed by atoms with Crippen molar-refractivity contribution in [1.82, 2.24) is 31.9 Å². The molecule has 18 rings (SSSR count). The first kappa shape index (κ1) is 95.4. The van der Waals surface area contributed by atoms with Crippen LogP contribution in [0.4, 0.5) is 0 Å². The maximum absolute atomic E-state index is 12.4. The van der Waals surface area contributed by atoms with Crippen LogP contribution in [0.3, 0.4) is 0 Å². The smallest absolute Gasteiger partial charge is 0.339 e. The molecule has 0 spiro atoms. The van der Waals surface area contributed by atoms with E-state index in [4.69, 9.17) is 38.6 Å². The van der Waals surface area contributed by atoms with Crippen molar-refractivity contribution in [2.75, 3.05) is 13.2 Å². The Hall–Kier alpha value is -8.16. The fourth-order valence-electron chi connectivity index (χ4n) is 25.5. The number of aliphatic hydroxyl groups excluding tert-OH is 6. The summed E-state index contributed by atoms with van der Waals surface area (Å²) in [5.74, 6) is -5.84. The largest absolute Gasteiger partial charge is 0.453 e. The van der Waals surface area contributed by atoms with Crippen molar-refractivity contribution in [2.45, 2.75) is 354 Å². The molecule has 0 saturated carbocycles. The number of hydrogen-bond acceptors (Lipinski definition) is 24. The third kappa shape index (κ3) is 14.2. The van der Waals surface area contributed by atoms with Crippen molar-refractivity contribution in [3.8, 4) is 0 Å². The van der Waals surface area contributed by atoms with Crippen LogP contribution in [-0.4, -0.2) is 206 Å². The lowest BCUT2D eigenvalue weighted by Crippen LogP contribution is -2.80. The summed E-state index contributed by atoms with van der Waals surface area (Å²) in [5, 5.41) is 78.5. The number of carbonyl (C=O) groups excluding carboxylic acids is 12. The molecule has 18 aliphatic rings. The first-order valence-electron chi connectivity index (χ1n) is 47.1. The Morgan fingerprint density at radius 2 is 0.452 bits per heavy atom. The average molecular weight is 1760 g/mol. The molecule has 0 unspecified atom stereocenters. The zero-order chi connectivity index (χ0) is 91.5. The number of fused-ring (bicyclic) bond motifs is 6. The summed E-state index contributed by atoms with van der Waals surface area (Å²) < 4.78 is 32.5. The third-order valence-corrected chi connectivity index (χ3v) is 33.2. The van der Waals surface area contributed by atoms with Gasteiger partial charge in [0.1, 0.15) is 0 Å². The van der Waals surface area contributed by atoms with Crippen LogP contribution < -0.4 is 31.9 Å². The van der Waals surface area contributed by atoms with E-state index in [0.29, 0.717) is 24.7 Å². The Labute approximate surface area is 739 Å². The van der Waals surface area contributed by atoms with Crippen molar-refractivity contribution in [3.05, 3.63) is 72.9 Å². The molecule has 12 heterocycles. The van der Waals surface area contributed by atoms with Gasteiger partial charge in [-0.3, -0.25) is 28.8 Å². The van der Waals surface area contributed by atoms with Crippen molar-refractivity contribution < 1.29 is 117 Å². The Morgan fingerprint density at radius 3 is 0.611 bits per heavy atom. The molecule has 12 N–H and O–H groups in total. The van der Waals surface area contributed by atoms with Crippen LogP contribution >= 0.6 is 0 Å². The molecule has 126 heavy (non-hydrogen) atoms. The van der Waals surface area contributed by atoms with Crippen LogP contribution in [0.1, 0.15) is 263 Å². The molecule has 30 atom stereocenters. The predicted octanol–water partition coefficient (Wildman–Crippen LogP) is 7.54. The van der Waals surface area contributed by atoms with Crippen LogP contribution in [-0.2, 0) is 86.0 Å². The molecule has 30 heteroatoms. The second kappa shape index (κ2) is 36.3. The molecule has 0 aromatic carbocycles. The maximum atomic E-state index is 12.4. The normalized spacial score (nSPS) is 42.8. The summed E-state index contributed by atoms with van der Waals surface area (Å²) in [5.41, 5.74) is -12.3. The Bertz CT molecular complexity index is 3710. The van der Waals surface area contributed by atoms with Gasteiger partial charge in [-0.25, -0.2) is 28.8 Å². The SMILES string of the molecule is CCC[C@H]1C(=O)N[C@@]2([C@@H](C)[C@@H]3C=CCCC3)C(=O)O[C@@]12C.CCC[C@H]1C(=O)N[C@@]2([C@@H](O)[C@@H]3C=CCCC3)C(=O)O[C@@]12C.CCC[C@H]1C(=O)N[C@@]2([C@H](C)[C@@H]3C=CCCC3)C(=O)O[C@@]12C.CCC[C@H]1C(=O)N[C@@]2([C@H](O)[C@@H]3C=CCCC3)C(=O)O[C@@]12C.C[C@@]12OC(=O)[C@]1([C@@H](O)[C@@H]1C=CCCC1)NC(=O)[C@@H]2CCO.C[C@@]12OC(=O)[C@]1([C@H](O)[C@@H]1C=CCCC1)NC(=O)[C@@H]2CCO. The van der Waals surface area contributed by atoms with E-state index >= 15 is 0 Å². The molecule has 0 aromatic rings. The van der Waals surface area contributed by atoms with Gasteiger partial charge >= 0.3 is 35.8 Å². The first-order valence-corrected chi connectivity index (χ1v) is 47.1. The number of amides is 6. The van der Waals surface area contributed by atoms with E-state index < -0.39 is 127 Å². The first-order chi connectivity index (χ1) is 59.8. The standard InChI is InChI=1S/2C17H25NO3.2C16H23NO4.2C15H21NO5/c2*1-4-8-13-14(19)18-17(15(20)21-16(13,17)3)11(2)12-9-6-5-7-10-12;2*1-3-7-11-13(19)17-16(14(20)21-15(11,16)2)12(18)10-8-5-4-6-9-10;2*1-14-10(7-8-17)12(19)16-15(14,13(20)21-14)11(18)9-5-3-2-4-6-9/h2*6,9,11-13H,4-5,7-8,10H2,1-3H3,(H,18,19);2*5,8,10-12,18H,3-4,6-7,9H2,1-2H3,(H,17,19);2*3,5,9-11,17-18H,2,4,6-8H2,1H3,(H,16,19)/t11-,12+,13-,16-,17-;11-,12-,13+,16+,17+;10-,11+,12+,15+,16+;10-,11+,12-,15+,16+;9-,10+,11+,14+,15+;9-,10+,11-,14+,15+/m011111/s1. The number of allylic oxidation sites excluding steroid dienone is 8. The van der Waals surface area contributed by atoms with E-state index in [1.54, 1.807) is 27.7 Å². The minimum absolute atomic E-state index is 0.0168. The number of esters is 6. The number of nitrogens with one attached hydrogen (secondary N) is 6. The van der Waals surface area contributed by atoms with Crippen LogP contribution in [0, 0.1) is 82.9 Å². The molecule has 0 bridgehead atoms. The molecule has 12 saturated heterocycles.